The van der Waals surface area contributed by atoms with Crippen LogP contribution in [0.25, 0.3) is 0 Å². The van der Waals surface area contributed by atoms with E-state index in [1.54, 1.807) is 0 Å². The van der Waals surface area contributed by atoms with E-state index in [-0.39, 0.29) is 0 Å². The van der Waals surface area contributed by atoms with E-state index in [0.29, 0.717) is 0 Å². The Kier molecular flexibility index (Phi) is 3.78. The third kappa shape index (κ3) is 2.81. The number of nitrogens with one attached hydrogen (secondary N) is 1. The second-order valence-electron chi connectivity index (χ2n) is 4.44. The number of rotatable bonds is 5. The summed E-state index contributed by atoms with van der Waals surface area (Å²) in [6, 6.07) is 2.12. The molecule has 0 bridgehead atoms. The summed E-state index contributed by atoms with van der Waals surface area (Å²) in [5, 5.41) is 7.76. The van der Waals surface area contributed by atoms with E-state index in [1.165, 1.54) is 31.4 Å². The molecule has 1 fully saturated rings. The standard InChI is InChI=1S/C12H21N3/c1-2-13-9-12-7-8-14-15(12)10-11-5-3-4-6-11/h7-8,11,13H,2-6,9-10H2,1H3. The highest BCUT2D eigenvalue weighted by molar-refractivity contribution is 5.00. The second-order valence-corrected chi connectivity index (χ2v) is 4.44. The number of hydrogen-bond donors (Lipinski definition) is 1. The first-order valence-electron chi connectivity index (χ1n) is 6.11. The van der Waals surface area contributed by atoms with Crippen LogP contribution in [0.5, 0.6) is 0 Å². The predicted molar refractivity (Wildman–Crippen MR) is 61.6 cm³/mol. The molecule has 0 amide bonds. The van der Waals surface area contributed by atoms with E-state index in [0.717, 1.165) is 25.6 Å². The number of nitrogens with zero attached hydrogens (tertiary/aromatic N) is 2. The molecule has 3 heteroatoms. The van der Waals surface area contributed by atoms with Crippen LogP contribution in [0.2, 0.25) is 0 Å². The van der Waals surface area contributed by atoms with Gasteiger partial charge in [-0.05, 0) is 31.4 Å². The van der Waals surface area contributed by atoms with E-state index in [2.05, 4.69) is 28.1 Å². The van der Waals surface area contributed by atoms with Gasteiger partial charge in [0.15, 0.2) is 0 Å². The van der Waals surface area contributed by atoms with Crippen molar-refractivity contribution >= 4 is 0 Å². The van der Waals surface area contributed by atoms with Crippen LogP contribution < -0.4 is 5.32 Å². The summed E-state index contributed by atoms with van der Waals surface area (Å²) < 4.78 is 2.18. The highest BCUT2D eigenvalue weighted by Gasteiger charge is 2.16. The van der Waals surface area contributed by atoms with Crippen molar-refractivity contribution in [1.82, 2.24) is 15.1 Å². The van der Waals surface area contributed by atoms with Gasteiger partial charge in [0.2, 0.25) is 0 Å². The number of aromatic nitrogens is 2. The lowest BCUT2D eigenvalue weighted by Crippen LogP contribution is -2.18. The maximum absolute atomic E-state index is 4.41. The fourth-order valence-corrected chi connectivity index (χ4v) is 2.37. The molecule has 1 saturated carbocycles. The van der Waals surface area contributed by atoms with E-state index in [9.17, 15) is 0 Å². The largest absolute Gasteiger partial charge is 0.311 e. The van der Waals surface area contributed by atoms with Crippen LogP contribution in [0.4, 0.5) is 0 Å². The Labute approximate surface area is 91.9 Å². The zero-order valence-corrected chi connectivity index (χ0v) is 9.58. The summed E-state index contributed by atoms with van der Waals surface area (Å²) in [6.07, 6.45) is 7.52. The maximum atomic E-state index is 4.41. The quantitative estimate of drug-likeness (QED) is 0.802. The van der Waals surface area contributed by atoms with E-state index in [1.807, 2.05) is 6.20 Å². The minimum atomic E-state index is 0.866. The fourth-order valence-electron chi connectivity index (χ4n) is 2.37. The van der Waals surface area contributed by atoms with Gasteiger partial charge in [-0.3, -0.25) is 4.68 Å². The topological polar surface area (TPSA) is 29.9 Å². The van der Waals surface area contributed by atoms with Gasteiger partial charge < -0.3 is 5.32 Å². The van der Waals surface area contributed by atoms with Crippen molar-refractivity contribution in [3.8, 4) is 0 Å². The Morgan fingerprint density at radius 3 is 3.00 bits per heavy atom. The average molecular weight is 207 g/mol. The zero-order chi connectivity index (χ0) is 10.5. The van der Waals surface area contributed by atoms with Crippen molar-refractivity contribution in [2.75, 3.05) is 6.54 Å². The van der Waals surface area contributed by atoms with Gasteiger partial charge in [-0.1, -0.05) is 19.8 Å². The molecule has 0 aliphatic heterocycles. The monoisotopic (exact) mass is 207 g/mol. The lowest BCUT2D eigenvalue weighted by Gasteiger charge is -2.12. The predicted octanol–water partition coefficient (Wildman–Crippen LogP) is 2.18. The smallest absolute Gasteiger partial charge is 0.0522 e. The van der Waals surface area contributed by atoms with Crippen molar-refractivity contribution < 1.29 is 0 Å². The lowest BCUT2D eigenvalue weighted by atomic mass is 10.1. The van der Waals surface area contributed by atoms with Crippen LogP contribution in [-0.2, 0) is 13.1 Å². The molecule has 0 atom stereocenters. The number of hydrogen-bond acceptors (Lipinski definition) is 2. The van der Waals surface area contributed by atoms with E-state index < -0.39 is 0 Å². The van der Waals surface area contributed by atoms with Gasteiger partial charge in [0.1, 0.15) is 0 Å². The minimum absolute atomic E-state index is 0.866. The molecule has 0 saturated heterocycles. The molecule has 0 spiro atoms. The molecule has 1 aliphatic rings. The Bertz CT molecular complexity index is 287. The second kappa shape index (κ2) is 5.31. The summed E-state index contributed by atoms with van der Waals surface area (Å²) in [4.78, 5) is 0. The molecule has 84 valence electrons. The van der Waals surface area contributed by atoms with Crippen LogP contribution in [0.15, 0.2) is 12.3 Å². The van der Waals surface area contributed by atoms with Crippen molar-refractivity contribution in [3.63, 3.8) is 0 Å². The van der Waals surface area contributed by atoms with E-state index in [4.69, 9.17) is 0 Å². The fraction of sp³-hybridized carbons (Fsp3) is 0.750. The summed E-state index contributed by atoms with van der Waals surface area (Å²) in [7, 11) is 0. The highest BCUT2D eigenvalue weighted by Crippen LogP contribution is 2.26. The van der Waals surface area contributed by atoms with Gasteiger partial charge in [0.25, 0.3) is 0 Å². The molecule has 0 unspecified atom stereocenters. The van der Waals surface area contributed by atoms with Gasteiger partial charge in [-0.2, -0.15) is 5.10 Å². The molecule has 1 aliphatic carbocycles. The molecule has 0 aromatic carbocycles. The average Bonchev–Trinajstić information content (AvgIpc) is 2.87. The zero-order valence-electron chi connectivity index (χ0n) is 9.58. The highest BCUT2D eigenvalue weighted by atomic mass is 15.3. The van der Waals surface area contributed by atoms with Gasteiger partial charge in [-0.15, -0.1) is 0 Å². The molecule has 1 aromatic heterocycles. The Hall–Kier alpha value is -0.830. The first-order valence-corrected chi connectivity index (χ1v) is 6.11. The van der Waals surface area contributed by atoms with Gasteiger partial charge in [0.05, 0.1) is 5.69 Å². The molecule has 2 rings (SSSR count). The lowest BCUT2D eigenvalue weighted by molar-refractivity contribution is 0.415. The molecular formula is C12H21N3. The summed E-state index contributed by atoms with van der Waals surface area (Å²) in [5.74, 6) is 0.866. The Morgan fingerprint density at radius 1 is 1.47 bits per heavy atom. The van der Waals surface area contributed by atoms with Gasteiger partial charge in [0, 0.05) is 19.3 Å². The summed E-state index contributed by atoms with van der Waals surface area (Å²) in [5.41, 5.74) is 1.32. The van der Waals surface area contributed by atoms with E-state index >= 15 is 0 Å². The van der Waals surface area contributed by atoms with Crippen LogP contribution >= 0.6 is 0 Å². The molecule has 0 radical (unpaired) electrons. The summed E-state index contributed by atoms with van der Waals surface area (Å²) >= 11 is 0. The van der Waals surface area contributed by atoms with Crippen molar-refractivity contribution in [2.24, 2.45) is 5.92 Å². The van der Waals surface area contributed by atoms with Gasteiger partial charge >= 0.3 is 0 Å². The van der Waals surface area contributed by atoms with Crippen LogP contribution in [-0.4, -0.2) is 16.3 Å². The first-order chi connectivity index (χ1) is 7.40. The van der Waals surface area contributed by atoms with Crippen molar-refractivity contribution in [2.45, 2.75) is 45.7 Å². The van der Waals surface area contributed by atoms with Crippen molar-refractivity contribution in [1.29, 1.82) is 0 Å². The summed E-state index contributed by atoms with van der Waals surface area (Å²) in [6.45, 7) is 5.23. The molecule has 1 heterocycles. The third-order valence-electron chi connectivity index (χ3n) is 3.27. The van der Waals surface area contributed by atoms with Crippen LogP contribution in [0.1, 0.15) is 38.3 Å². The normalized spacial score (nSPS) is 17.4. The minimum Gasteiger partial charge on any atom is -0.311 e. The van der Waals surface area contributed by atoms with Gasteiger partial charge in [-0.25, -0.2) is 0 Å². The third-order valence-corrected chi connectivity index (χ3v) is 3.27. The maximum Gasteiger partial charge on any atom is 0.0522 e. The molecule has 15 heavy (non-hydrogen) atoms. The van der Waals surface area contributed by atoms with Crippen LogP contribution in [0, 0.1) is 5.92 Å². The van der Waals surface area contributed by atoms with Crippen LogP contribution in [0.3, 0.4) is 0 Å². The molecule has 1 aromatic rings. The Morgan fingerprint density at radius 2 is 2.27 bits per heavy atom. The molecule has 1 N–H and O–H groups in total. The first kappa shape index (κ1) is 10.7. The Balaban J connectivity index is 1.91. The van der Waals surface area contributed by atoms with Crippen molar-refractivity contribution in [3.05, 3.63) is 18.0 Å². The SMILES string of the molecule is CCNCc1ccnn1CC1CCCC1. The molecular weight excluding hydrogens is 186 g/mol. The molecule has 3 nitrogen and oxygen atoms in total.